The number of hydrogen-bond acceptors (Lipinski definition) is 4. The van der Waals surface area contributed by atoms with Crippen molar-refractivity contribution in [3.05, 3.63) is 47.2 Å². The zero-order valence-corrected chi connectivity index (χ0v) is 15.7. The maximum Gasteiger partial charge on any atom is 0.319 e. The van der Waals surface area contributed by atoms with Crippen molar-refractivity contribution in [1.82, 2.24) is 9.88 Å². The average molecular weight is 361 g/mol. The van der Waals surface area contributed by atoms with Crippen LogP contribution in [0.1, 0.15) is 31.0 Å². The molecule has 2 aromatic rings. The molecule has 0 saturated carbocycles. The van der Waals surface area contributed by atoms with Crippen LogP contribution in [0.25, 0.3) is 10.9 Å². The van der Waals surface area contributed by atoms with Crippen LogP contribution in [0, 0.1) is 17.2 Å². The normalized spacial score (nSPS) is 33.7. The maximum absolute atomic E-state index is 13.4. The zero-order valence-electron chi connectivity index (χ0n) is 15.7. The molecule has 0 amide bonds. The minimum absolute atomic E-state index is 0.0476. The van der Waals surface area contributed by atoms with Gasteiger partial charge in [-0.25, -0.2) is 0 Å². The van der Waals surface area contributed by atoms with Gasteiger partial charge in [0.25, 0.3) is 0 Å². The Morgan fingerprint density at radius 3 is 3.00 bits per heavy atom. The number of benzene rings is 1. The lowest BCUT2D eigenvalue weighted by Gasteiger charge is -2.55. The molecule has 1 fully saturated rings. The van der Waals surface area contributed by atoms with Crippen molar-refractivity contribution in [2.24, 2.45) is 5.92 Å². The van der Waals surface area contributed by atoms with Crippen LogP contribution < -0.4 is 0 Å². The second-order valence-corrected chi connectivity index (χ2v) is 7.91. The first-order chi connectivity index (χ1) is 13.2. The summed E-state index contributed by atoms with van der Waals surface area (Å²) < 4.78 is 5.39. The molecule has 4 bridgehead atoms. The van der Waals surface area contributed by atoms with Crippen LogP contribution >= 0.6 is 0 Å². The summed E-state index contributed by atoms with van der Waals surface area (Å²) in [6, 6.07) is 10.5. The highest BCUT2D eigenvalue weighted by molar-refractivity contribution is 5.92. The van der Waals surface area contributed by atoms with Crippen molar-refractivity contribution in [2.75, 3.05) is 13.7 Å². The van der Waals surface area contributed by atoms with E-state index in [1.54, 1.807) is 0 Å². The van der Waals surface area contributed by atoms with E-state index in [4.69, 9.17) is 4.74 Å². The SMILES string of the molecule is CCC1=C[C@H]2C[C@]3(C(=O)OC)c4[nH]c5ccccc5c4CCN(C2C#N)[C@H]13. The standard InChI is InChI=1S/C22H23N3O2/c1-3-13-10-14-11-22(21(26)27-2)19-16(15-6-4-5-7-17(15)24-19)8-9-25(20(13)22)18(14)12-23/h4-7,10,14,18,20,24H,3,8-9,11H2,1-2H3/t14-,18?,20+,22-/m0/s1. The van der Waals surface area contributed by atoms with Crippen molar-refractivity contribution in [2.45, 2.75) is 43.7 Å². The third-order valence-electron chi connectivity index (χ3n) is 6.87. The maximum atomic E-state index is 13.4. The molecule has 2 unspecified atom stereocenters. The Hall–Kier alpha value is -2.58. The van der Waals surface area contributed by atoms with E-state index in [1.807, 2.05) is 12.1 Å². The Morgan fingerprint density at radius 1 is 1.44 bits per heavy atom. The van der Waals surface area contributed by atoms with Crippen LogP contribution in [0.2, 0.25) is 0 Å². The lowest BCUT2D eigenvalue weighted by Crippen LogP contribution is -2.67. The number of methoxy groups -OCH3 is 1. The van der Waals surface area contributed by atoms with Crippen LogP contribution in [0.15, 0.2) is 35.9 Å². The number of nitriles is 1. The number of aromatic amines is 1. The van der Waals surface area contributed by atoms with Gasteiger partial charge in [0.2, 0.25) is 0 Å². The van der Waals surface area contributed by atoms with Crippen LogP contribution in [-0.2, 0) is 21.4 Å². The van der Waals surface area contributed by atoms with Gasteiger partial charge in [0.05, 0.1) is 19.2 Å². The number of fused-ring (bicyclic) bond motifs is 3. The molecule has 1 aromatic heterocycles. The molecule has 1 aliphatic carbocycles. The lowest BCUT2D eigenvalue weighted by atomic mass is 9.59. The Morgan fingerprint density at radius 2 is 2.26 bits per heavy atom. The highest BCUT2D eigenvalue weighted by Crippen LogP contribution is 2.54. The van der Waals surface area contributed by atoms with Crippen molar-refractivity contribution >= 4 is 16.9 Å². The fourth-order valence-electron chi connectivity index (χ4n) is 5.88. The Labute approximate surface area is 158 Å². The molecule has 0 radical (unpaired) electrons. The van der Waals surface area contributed by atoms with Gasteiger partial charge >= 0.3 is 5.97 Å². The van der Waals surface area contributed by atoms with Crippen LogP contribution in [0.4, 0.5) is 0 Å². The van der Waals surface area contributed by atoms with E-state index in [0.29, 0.717) is 6.42 Å². The summed E-state index contributed by atoms with van der Waals surface area (Å²) in [5.41, 5.74) is 3.77. The van der Waals surface area contributed by atoms with Gasteiger partial charge in [-0.1, -0.05) is 36.8 Å². The zero-order chi connectivity index (χ0) is 18.8. The summed E-state index contributed by atoms with van der Waals surface area (Å²) in [5, 5.41) is 11.0. The van der Waals surface area contributed by atoms with Gasteiger partial charge in [0.1, 0.15) is 11.5 Å². The molecule has 0 spiro atoms. The number of H-pyrrole nitrogens is 1. The van der Waals surface area contributed by atoms with Gasteiger partial charge in [0.15, 0.2) is 0 Å². The first-order valence-corrected chi connectivity index (χ1v) is 9.70. The second-order valence-electron chi connectivity index (χ2n) is 7.91. The van der Waals surface area contributed by atoms with Gasteiger partial charge < -0.3 is 9.72 Å². The van der Waals surface area contributed by atoms with Gasteiger partial charge in [-0.3, -0.25) is 9.69 Å². The van der Waals surface area contributed by atoms with Crippen LogP contribution in [0.5, 0.6) is 0 Å². The molecule has 3 aliphatic heterocycles. The van der Waals surface area contributed by atoms with Gasteiger partial charge in [-0.2, -0.15) is 5.26 Å². The number of ether oxygens (including phenoxy) is 1. The molecule has 4 heterocycles. The summed E-state index contributed by atoms with van der Waals surface area (Å²) in [6.07, 6.45) is 4.59. The van der Waals surface area contributed by atoms with Crippen molar-refractivity contribution in [3.8, 4) is 6.07 Å². The highest BCUT2D eigenvalue weighted by Gasteiger charge is 2.63. The Bertz CT molecular complexity index is 1010. The predicted octanol–water partition coefficient (Wildman–Crippen LogP) is 3.07. The third kappa shape index (κ3) is 1.94. The molecule has 5 heteroatoms. The highest BCUT2D eigenvalue weighted by atomic mass is 16.5. The number of piperidine rings is 1. The summed E-state index contributed by atoms with van der Waals surface area (Å²) >= 11 is 0. The number of carbonyl (C=O) groups excluding carboxylic acids is 1. The fraction of sp³-hybridized carbons (Fsp3) is 0.455. The molecule has 138 valence electrons. The molecular formula is C22H23N3O2. The second kappa shape index (κ2) is 5.71. The first-order valence-electron chi connectivity index (χ1n) is 9.70. The monoisotopic (exact) mass is 361 g/mol. The molecule has 4 aliphatic rings. The molecule has 27 heavy (non-hydrogen) atoms. The van der Waals surface area contributed by atoms with E-state index >= 15 is 0 Å². The smallest absolute Gasteiger partial charge is 0.319 e. The van der Waals surface area contributed by atoms with E-state index in [9.17, 15) is 10.1 Å². The summed E-state index contributed by atoms with van der Waals surface area (Å²) in [6.45, 7) is 2.92. The molecule has 1 saturated heterocycles. The van der Waals surface area contributed by atoms with E-state index in [1.165, 1.54) is 23.6 Å². The Kier molecular flexibility index (Phi) is 3.50. The van der Waals surface area contributed by atoms with E-state index < -0.39 is 5.41 Å². The molecule has 1 aromatic carbocycles. The number of rotatable bonds is 2. The number of carbonyl (C=O) groups is 1. The van der Waals surface area contributed by atoms with Crippen molar-refractivity contribution in [1.29, 1.82) is 5.26 Å². The minimum Gasteiger partial charge on any atom is -0.468 e. The molecule has 5 nitrogen and oxygen atoms in total. The average Bonchev–Trinajstić information content (AvgIpc) is 3.04. The minimum atomic E-state index is -0.766. The molecule has 5 atom stereocenters. The van der Waals surface area contributed by atoms with E-state index in [0.717, 1.165) is 30.6 Å². The van der Waals surface area contributed by atoms with E-state index in [2.05, 4.69) is 41.1 Å². The fourth-order valence-corrected chi connectivity index (χ4v) is 5.88. The molecule has 1 N–H and O–H groups in total. The van der Waals surface area contributed by atoms with Gasteiger partial charge in [0, 0.05) is 29.1 Å². The topological polar surface area (TPSA) is 69.1 Å². The lowest BCUT2D eigenvalue weighted by molar-refractivity contribution is -0.155. The number of para-hydroxylation sites is 1. The van der Waals surface area contributed by atoms with Crippen LogP contribution in [-0.4, -0.2) is 41.6 Å². The summed E-state index contributed by atoms with van der Waals surface area (Å²) in [5.74, 6) is -0.140. The van der Waals surface area contributed by atoms with Gasteiger partial charge in [-0.05, 0) is 30.9 Å². The first kappa shape index (κ1) is 16.6. The van der Waals surface area contributed by atoms with Gasteiger partial charge in [-0.15, -0.1) is 0 Å². The number of nitrogens with one attached hydrogen (secondary N) is 1. The number of aromatic nitrogens is 1. The number of hydrogen-bond donors (Lipinski definition) is 1. The third-order valence-corrected chi connectivity index (χ3v) is 6.87. The van der Waals surface area contributed by atoms with Crippen molar-refractivity contribution < 1.29 is 9.53 Å². The van der Waals surface area contributed by atoms with Crippen LogP contribution in [0.3, 0.4) is 0 Å². The summed E-state index contributed by atoms with van der Waals surface area (Å²) in [7, 11) is 1.48. The van der Waals surface area contributed by atoms with E-state index in [-0.39, 0.29) is 24.0 Å². The predicted molar refractivity (Wildman–Crippen MR) is 102 cm³/mol. The van der Waals surface area contributed by atoms with Crippen molar-refractivity contribution in [3.63, 3.8) is 0 Å². The quantitative estimate of drug-likeness (QED) is 0.659. The number of esters is 1. The molecular weight excluding hydrogens is 338 g/mol. The Balaban J connectivity index is 1.84. The number of nitrogens with zero attached hydrogens (tertiary/aromatic N) is 2. The largest absolute Gasteiger partial charge is 0.468 e. The summed E-state index contributed by atoms with van der Waals surface area (Å²) in [4.78, 5) is 19.2. The molecule has 6 rings (SSSR count).